The van der Waals surface area contributed by atoms with Crippen LogP contribution in [0.15, 0.2) is 18.3 Å². The summed E-state index contributed by atoms with van der Waals surface area (Å²) in [5.41, 5.74) is 2.26. The van der Waals surface area contributed by atoms with Gasteiger partial charge in [-0.15, -0.1) is 0 Å². The molecule has 0 aliphatic rings. The molecule has 0 aliphatic heterocycles. The first kappa shape index (κ1) is 9.58. The number of rotatable bonds is 2. The van der Waals surface area contributed by atoms with Crippen molar-refractivity contribution < 1.29 is 4.79 Å². The molecule has 0 saturated heterocycles. The van der Waals surface area contributed by atoms with Gasteiger partial charge in [0, 0.05) is 24.2 Å². The number of aryl methyl sites for hydroxylation is 1. The molecule has 76 valence electrons. The second-order valence-electron chi connectivity index (χ2n) is 3.34. The molecule has 0 radical (unpaired) electrons. The van der Waals surface area contributed by atoms with Crippen LogP contribution in [0.25, 0.3) is 11.0 Å². The zero-order valence-electron chi connectivity index (χ0n) is 8.61. The molecule has 0 aromatic carbocycles. The van der Waals surface area contributed by atoms with E-state index in [-0.39, 0.29) is 0 Å². The van der Waals surface area contributed by atoms with Crippen molar-refractivity contribution in [1.82, 2.24) is 9.97 Å². The molecule has 0 unspecified atom stereocenters. The minimum Gasteiger partial charge on any atom is -0.373 e. The Hall–Kier alpha value is -1.97. The van der Waals surface area contributed by atoms with Gasteiger partial charge in [-0.3, -0.25) is 4.79 Å². The first-order chi connectivity index (χ1) is 7.24. The minimum atomic E-state index is 0.570. The van der Waals surface area contributed by atoms with Crippen LogP contribution in [-0.2, 0) is 0 Å². The number of hydrogen-bond donors (Lipinski definition) is 1. The lowest BCUT2D eigenvalue weighted by atomic mass is 10.2. The number of carbonyl (C=O) groups is 1. The van der Waals surface area contributed by atoms with Gasteiger partial charge in [0.25, 0.3) is 0 Å². The highest BCUT2D eigenvalue weighted by Crippen LogP contribution is 2.18. The molecule has 2 aromatic heterocycles. The fourth-order valence-corrected chi connectivity index (χ4v) is 1.50. The summed E-state index contributed by atoms with van der Waals surface area (Å²) in [6.45, 7) is 1.96. The first-order valence-corrected chi connectivity index (χ1v) is 4.65. The Morgan fingerprint density at radius 3 is 2.87 bits per heavy atom. The topological polar surface area (TPSA) is 54.9 Å². The van der Waals surface area contributed by atoms with Gasteiger partial charge in [0.05, 0.1) is 0 Å². The van der Waals surface area contributed by atoms with Crippen LogP contribution in [-0.4, -0.2) is 23.3 Å². The molecule has 0 saturated carbocycles. The Morgan fingerprint density at radius 1 is 1.40 bits per heavy atom. The molecule has 0 spiro atoms. The average Bonchev–Trinajstić information content (AvgIpc) is 2.27. The Kier molecular flexibility index (Phi) is 2.33. The molecular formula is C11H11N3O. The third-order valence-corrected chi connectivity index (χ3v) is 2.25. The molecule has 2 aromatic rings. The highest BCUT2D eigenvalue weighted by atomic mass is 16.1. The van der Waals surface area contributed by atoms with Crippen LogP contribution in [0.4, 0.5) is 5.82 Å². The van der Waals surface area contributed by atoms with Crippen molar-refractivity contribution in [2.45, 2.75) is 6.92 Å². The van der Waals surface area contributed by atoms with Gasteiger partial charge in [-0.1, -0.05) is 0 Å². The number of pyridine rings is 2. The predicted molar refractivity (Wildman–Crippen MR) is 59.2 cm³/mol. The van der Waals surface area contributed by atoms with Gasteiger partial charge in [0.15, 0.2) is 11.9 Å². The number of fused-ring (bicyclic) bond motifs is 1. The van der Waals surface area contributed by atoms with Gasteiger partial charge in [0.2, 0.25) is 0 Å². The maximum Gasteiger partial charge on any atom is 0.161 e. The maximum atomic E-state index is 10.6. The van der Waals surface area contributed by atoms with Crippen molar-refractivity contribution in [3.63, 3.8) is 0 Å². The molecule has 0 fully saturated rings. The van der Waals surface area contributed by atoms with E-state index >= 15 is 0 Å². The quantitative estimate of drug-likeness (QED) is 0.752. The third-order valence-electron chi connectivity index (χ3n) is 2.25. The summed E-state index contributed by atoms with van der Waals surface area (Å²) < 4.78 is 0. The molecule has 4 nitrogen and oxygen atoms in total. The monoisotopic (exact) mass is 201 g/mol. The second-order valence-corrected chi connectivity index (χ2v) is 3.34. The summed E-state index contributed by atoms with van der Waals surface area (Å²) in [6, 6.07) is 3.75. The molecule has 4 heteroatoms. The van der Waals surface area contributed by atoms with Crippen LogP contribution >= 0.6 is 0 Å². The van der Waals surface area contributed by atoms with Crippen molar-refractivity contribution in [3.8, 4) is 0 Å². The van der Waals surface area contributed by atoms with E-state index in [1.165, 1.54) is 6.20 Å². The van der Waals surface area contributed by atoms with Crippen molar-refractivity contribution in [3.05, 3.63) is 29.5 Å². The highest BCUT2D eigenvalue weighted by molar-refractivity contribution is 5.85. The Balaban J connectivity index is 2.70. The predicted octanol–water partition coefficient (Wildman–Crippen LogP) is 1.79. The van der Waals surface area contributed by atoms with Gasteiger partial charge in [-0.2, -0.15) is 0 Å². The van der Waals surface area contributed by atoms with Crippen LogP contribution in [0, 0.1) is 6.92 Å². The van der Waals surface area contributed by atoms with E-state index in [0.717, 1.165) is 23.1 Å². The number of aldehydes is 1. The van der Waals surface area contributed by atoms with Gasteiger partial charge in [0.1, 0.15) is 5.82 Å². The molecule has 15 heavy (non-hydrogen) atoms. The molecule has 0 bridgehead atoms. The summed E-state index contributed by atoms with van der Waals surface area (Å²) in [5.74, 6) is 0.814. The van der Waals surface area contributed by atoms with Crippen LogP contribution in [0.3, 0.4) is 0 Å². The normalized spacial score (nSPS) is 10.3. The van der Waals surface area contributed by atoms with E-state index in [4.69, 9.17) is 0 Å². The van der Waals surface area contributed by atoms with Crippen LogP contribution in [0.2, 0.25) is 0 Å². The van der Waals surface area contributed by atoms with E-state index in [0.29, 0.717) is 11.2 Å². The van der Waals surface area contributed by atoms with Crippen LogP contribution in [0.5, 0.6) is 0 Å². The number of carbonyl (C=O) groups excluding carboxylic acids is 1. The molecule has 2 heterocycles. The fraction of sp³-hybridized carbons (Fsp3) is 0.182. The average molecular weight is 201 g/mol. The maximum absolute atomic E-state index is 10.6. The lowest BCUT2D eigenvalue weighted by Crippen LogP contribution is -1.97. The summed E-state index contributed by atoms with van der Waals surface area (Å²) in [6.07, 6.45) is 2.31. The largest absolute Gasteiger partial charge is 0.373 e. The molecule has 0 amide bonds. The Morgan fingerprint density at radius 2 is 2.20 bits per heavy atom. The number of aromatic nitrogens is 2. The molecular weight excluding hydrogens is 190 g/mol. The van der Waals surface area contributed by atoms with E-state index < -0.39 is 0 Å². The zero-order valence-corrected chi connectivity index (χ0v) is 8.61. The Labute approximate surface area is 87.4 Å². The van der Waals surface area contributed by atoms with Crippen molar-refractivity contribution in [2.24, 2.45) is 0 Å². The number of hydrogen-bond acceptors (Lipinski definition) is 4. The summed E-state index contributed by atoms with van der Waals surface area (Å²) in [5, 5.41) is 3.88. The summed E-state index contributed by atoms with van der Waals surface area (Å²) in [7, 11) is 1.82. The summed E-state index contributed by atoms with van der Waals surface area (Å²) in [4.78, 5) is 19.0. The van der Waals surface area contributed by atoms with Gasteiger partial charge < -0.3 is 5.32 Å². The summed E-state index contributed by atoms with van der Waals surface area (Å²) >= 11 is 0. The van der Waals surface area contributed by atoms with Gasteiger partial charge in [-0.25, -0.2) is 9.97 Å². The Bertz CT molecular complexity index is 522. The number of nitrogens with zero attached hydrogens (tertiary/aromatic N) is 2. The standard InChI is InChI=1S/C11H11N3O/c1-7-3-9-4-8(6-15)5-13-11(9)14-10(7)12-2/h3-6H,1-2H3,(H,12,13,14). The number of nitrogens with one attached hydrogen (secondary N) is 1. The third kappa shape index (κ3) is 1.66. The second kappa shape index (κ2) is 3.65. The van der Waals surface area contributed by atoms with Crippen molar-refractivity contribution in [1.29, 1.82) is 0 Å². The van der Waals surface area contributed by atoms with E-state index in [9.17, 15) is 4.79 Å². The van der Waals surface area contributed by atoms with Crippen LogP contribution < -0.4 is 5.32 Å². The lowest BCUT2D eigenvalue weighted by molar-refractivity contribution is 0.112. The zero-order chi connectivity index (χ0) is 10.8. The number of anilines is 1. The molecule has 2 rings (SSSR count). The molecule has 0 atom stereocenters. The van der Waals surface area contributed by atoms with Crippen molar-refractivity contribution in [2.75, 3.05) is 12.4 Å². The van der Waals surface area contributed by atoms with Gasteiger partial charge in [-0.05, 0) is 24.6 Å². The highest BCUT2D eigenvalue weighted by Gasteiger charge is 2.03. The van der Waals surface area contributed by atoms with Crippen LogP contribution in [0.1, 0.15) is 15.9 Å². The van der Waals surface area contributed by atoms with E-state index in [1.54, 1.807) is 6.07 Å². The minimum absolute atomic E-state index is 0.570. The molecule has 1 N–H and O–H groups in total. The lowest BCUT2D eigenvalue weighted by Gasteiger charge is -2.05. The van der Waals surface area contributed by atoms with E-state index in [2.05, 4.69) is 15.3 Å². The SMILES string of the molecule is CNc1nc2ncc(C=O)cc2cc1C. The van der Waals surface area contributed by atoms with Gasteiger partial charge >= 0.3 is 0 Å². The first-order valence-electron chi connectivity index (χ1n) is 4.65. The fourth-order valence-electron chi connectivity index (χ4n) is 1.50. The van der Waals surface area contributed by atoms with E-state index in [1.807, 2.05) is 20.0 Å². The van der Waals surface area contributed by atoms with Crippen molar-refractivity contribution >= 4 is 23.1 Å². The smallest absolute Gasteiger partial charge is 0.161 e. The molecule has 0 aliphatic carbocycles.